The molecule has 4 rings (SSSR count). The number of amidine groups is 1. The van der Waals surface area contributed by atoms with Gasteiger partial charge in [0.1, 0.15) is 11.5 Å². The first-order valence-electron chi connectivity index (χ1n) is 9.66. The van der Waals surface area contributed by atoms with Gasteiger partial charge in [0.2, 0.25) is 0 Å². The van der Waals surface area contributed by atoms with Crippen LogP contribution in [0.5, 0.6) is 0 Å². The lowest BCUT2D eigenvalue weighted by atomic mass is 10.1. The first-order valence-corrected chi connectivity index (χ1v) is 11.3. The van der Waals surface area contributed by atoms with Crippen LogP contribution in [0.4, 0.5) is 5.69 Å². The maximum atomic E-state index is 12.7. The molecule has 1 aliphatic heterocycles. The third-order valence-electron chi connectivity index (χ3n) is 4.86. The van der Waals surface area contributed by atoms with E-state index in [0.29, 0.717) is 15.8 Å². The third-order valence-corrected chi connectivity index (χ3v) is 6.58. The standard InChI is InChI=1S/C24H21BrN2O2S/c1-4-16-6-8-17(9-7-16)26-24-27(3)23(28)22(30-24)14-18-10-12-21(29-18)19-11-5-15(2)13-20(19)25/h5-14H,4H2,1-3H3/b22-14+,26-24?. The molecular weight excluding hydrogens is 460 g/mol. The second-order valence-corrected chi connectivity index (χ2v) is 8.94. The zero-order chi connectivity index (χ0) is 21.3. The van der Waals surface area contributed by atoms with E-state index in [1.807, 2.05) is 43.3 Å². The fraction of sp³-hybridized carbons (Fsp3) is 0.167. The lowest BCUT2D eigenvalue weighted by Gasteiger charge is -2.07. The molecule has 152 valence electrons. The van der Waals surface area contributed by atoms with Gasteiger partial charge in [0, 0.05) is 23.2 Å². The fourth-order valence-corrected chi connectivity index (χ4v) is 4.75. The molecule has 0 atom stereocenters. The second-order valence-electron chi connectivity index (χ2n) is 7.07. The van der Waals surface area contributed by atoms with Crippen molar-refractivity contribution in [2.24, 2.45) is 4.99 Å². The van der Waals surface area contributed by atoms with Crippen LogP contribution in [0.2, 0.25) is 0 Å². The Kier molecular flexibility index (Phi) is 5.97. The maximum absolute atomic E-state index is 12.7. The van der Waals surface area contributed by atoms with Gasteiger partial charge in [0.05, 0.1) is 10.6 Å². The quantitative estimate of drug-likeness (QED) is 0.385. The summed E-state index contributed by atoms with van der Waals surface area (Å²) in [6.45, 7) is 4.16. The van der Waals surface area contributed by atoms with Gasteiger partial charge in [-0.3, -0.25) is 9.69 Å². The van der Waals surface area contributed by atoms with Gasteiger partial charge in [-0.25, -0.2) is 4.99 Å². The van der Waals surface area contributed by atoms with Crippen molar-refractivity contribution in [2.75, 3.05) is 7.05 Å². The number of aryl methyl sites for hydroxylation is 2. The van der Waals surface area contributed by atoms with E-state index in [9.17, 15) is 4.79 Å². The molecule has 1 aliphatic rings. The zero-order valence-electron chi connectivity index (χ0n) is 17.0. The topological polar surface area (TPSA) is 45.8 Å². The Morgan fingerprint density at radius 3 is 2.60 bits per heavy atom. The number of benzene rings is 2. The Morgan fingerprint density at radius 2 is 1.90 bits per heavy atom. The smallest absolute Gasteiger partial charge is 0.266 e. The van der Waals surface area contributed by atoms with E-state index in [0.717, 1.165) is 27.9 Å². The Morgan fingerprint density at radius 1 is 1.13 bits per heavy atom. The van der Waals surface area contributed by atoms with E-state index < -0.39 is 0 Å². The summed E-state index contributed by atoms with van der Waals surface area (Å²) in [4.78, 5) is 19.5. The number of furan rings is 1. The number of hydrogen-bond donors (Lipinski definition) is 0. The number of thioether (sulfide) groups is 1. The molecule has 0 radical (unpaired) electrons. The molecule has 0 aliphatic carbocycles. The molecule has 0 saturated carbocycles. The van der Waals surface area contributed by atoms with Gasteiger partial charge < -0.3 is 4.42 Å². The van der Waals surface area contributed by atoms with E-state index in [2.05, 4.69) is 46.0 Å². The molecule has 1 amide bonds. The lowest BCUT2D eigenvalue weighted by Crippen LogP contribution is -2.23. The Balaban J connectivity index is 1.58. The lowest BCUT2D eigenvalue weighted by molar-refractivity contribution is -0.121. The van der Waals surface area contributed by atoms with Crippen LogP contribution in [0.25, 0.3) is 17.4 Å². The van der Waals surface area contributed by atoms with E-state index >= 15 is 0 Å². The summed E-state index contributed by atoms with van der Waals surface area (Å²) >= 11 is 4.95. The van der Waals surface area contributed by atoms with E-state index in [1.54, 1.807) is 18.0 Å². The summed E-state index contributed by atoms with van der Waals surface area (Å²) in [5.41, 5.74) is 4.24. The first kappa shape index (κ1) is 20.7. The third kappa shape index (κ3) is 4.30. The van der Waals surface area contributed by atoms with Crippen molar-refractivity contribution in [2.45, 2.75) is 20.3 Å². The van der Waals surface area contributed by atoms with Crippen LogP contribution in [-0.4, -0.2) is 23.0 Å². The van der Waals surface area contributed by atoms with Crippen LogP contribution in [0.1, 0.15) is 23.8 Å². The fourth-order valence-electron chi connectivity index (χ4n) is 3.09. The summed E-state index contributed by atoms with van der Waals surface area (Å²) in [5.74, 6) is 1.30. The number of amides is 1. The zero-order valence-corrected chi connectivity index (χ0v) is 19.4. The van der Waals surface area contributed by atoms with Crippen LogP contribution in [-0.2, 0) is 11.2 Å². The van der Waals surface area contributed by atoms with Gasteiger partial charge in [0.25, 0.3) is 5.91 Å². The van der Waals surface area contributed by atoms with Crippen molar-refractivity contribution in [1.82, 2.24) is 4.90 Å². The van der Waals surface area contributed by atoms with Crippen molar-refractivity contribution >= 4 is 50.5 Å². The molecule has 3 aromatic rings. The number of aliphatic imine (C=N–C) groups is 1. The molecule has 0 unspecified atom stereocenters. The maximum Gasteiger partial charge on any atom is 0.266 e. The van der Waals surface area contributed by atoms with Crippen LogP contribution >= 0.6 is 27.7 Å². The molecule has 1 saturated heterocycles. The summed E-state index contributed by atoms with van der Waals surface area (Å²) < 4.78 is 6.96. The van der Waals surface area contributed by atoms with Gasteiger partial charge in [-0.1, -0.05) is 41.1 Å². The highest BCUT2D eigenvalue weighted by molar-refractivity contribution is 9.10. The molecule has 2 heterocycles. The normalized spacial score (nSPS) is 16.8. The second kappa shape index (κ2) is 8.66. The highest BCUT2D eigenvalue weighted by Gasteiger charge is 2.30. The van der Waals surface area contributed by atoms with Gasteiger partial charge in [-0.2, -0.15) is 0 Å². The van der Waals surface area contributed by atoms with Crippen LogP contribution < -0.4 is 0 Å². The number of rotatable bonds is 4. The largest absolute Gasteiger partial charge is 0.457 e. The minimum absolute atomic E-state index is 0.0848. The van der Waals surface area contributed by atoms with E-state index in [-0.39, 0.29) is 5.91 Å². The number of nitrogens with zero attached hydrogens (tertiary/aromatic N) is 2. The number of likely N-dealkylation sites (N-methyl/N-ethyl adjacent to an activating group) is 1. The number of carbonyl (C=O) groups is 1. The molecule has 0 bridgehead atoms. The molecule has 2 aromatic carbocycles. The molecule has 30 heavy (non-hydrogen) atoms. The van der Waals surface area contributed by atoms with Crippen molar-refractivity contribution in [3.05, 3.63) is 80.9 Å². The molecular formula is C24H21BrN2O2S. The summed E-state index contributed by atoms with van der Waals surface area (Å²) in [7, 11) is 1.74. The van der Waals surface area contributed by atoms with Crippen molar-refractivity contribution in [3.63, 3.8) is 0 Å². The number of halogens is 1. The van der Waals surface area contributed by atoms with E-state index in [4.69, 9.17) is 4.42 Å². The first-order chi connectivity index (χ1) is 14.4. The Labute approximate surface area is 188 Å². The minimum atomic E-state index is -0.0848. The van der Waals surface area contributed by atoms with Gasteiger partial charge in [0.15, 0.2) is 5.17 Å². The average molecular weight is 481 g/mol. The minimum Gasteiger partial charge on any atom is -0.457 e. The number of carbonyl (C=O) groups excluding carboxylic acids is 1. The van der Waals surface area contributed by atoms with Gasteiger partial charge in [-0.05, 0) is 72.6 Å². The predicted octanol–water partition coefficient (Wildman–Crippen LogP) is 6.81. The van der Waals surface area contributed by atoms with Crippen molar-refractivity contribution in [1.29, 1.82) is 0 Å². The van der Waals surface area contributed by atoms with Crippen molar-refractivity contribution in [3.8, 4) is 11.3 Å². The molecule has 1 fully saturated rings. The number of hydrogen-bond acceptors (Lipinski definition) is 4. The highest BCUT2D eigenvalue weighted by atomic mass is 79.9. The summed E-state index contributed by atoms with van der Waals surface area (Å²) in [6.07, 6.45) is 2.76. The van der Waals surface area contributed by atoms with Crippen LogP contribution in [0.15, 0.2) is 73.4 Å². The summed E-state index contributed by atoms with van der Waals surface area (Å²) in [6, 6.07) is 18.0. The Bertz CT molecular complexity index is 1160. The Hall–Kier alpha value is -2.57. The predicted molar refractivity (Wildman–Crippen MR) is 128 cm³/mol. The molecule has 0 N–H and O–H groups in total. The van der Waals surface area contributed by atoms with Crippen LogP contribution in [0.3, 0.4) is 0 Å². The molecule has 1 aromatic heterocycles. The van der Waals surface area contributed by atoms with E-state index in [1.165, 1.54) is 22.9 Å². The average Bonchev–Trinajstić information content (AvgIpc) is 3.29. The van der Waals surface area contributed by atoms with Gasteiger partial charge >= 0.3 is 0 Å². The van der Waals surface area contributed by atoms with Crippen molar-refractivity contribution < 1.29 is 9.21 Å². The highest BCUT2D eigenvalue weighted by Crippen LogP contribution is 2.35. The SMILES string of the molecule is CCc1ccc(N=C2S/C(=C/c3ccc(-c4ccc(C)cc4Br)o3)C(=O)N2C)cc1. The van der Waals surface area contributed by atoms with Crippen LogP contribution in [0, 0.1) is 6.92 Å². The molecule has 0 spiro atoms. The molecule has 4 nitrogen and oxygen atoms in total. The molecule has 6 heteroatoms. The summed E-state index contributed by atoms with van der Waals surface area (Å²) in [5, 5.41) is 0.656. The monoisotopic (exact) mass is 480 g/mol. The van der Waals surface area contributed by atoms with Gasteiger partial charge in [-0.15, -0.1) is 0 Å².